The second-order valence-electron chi connectivity index (χ2n) is 7.83. The van der Waals surface area contributed by atoms with Gasteiger partial charge in [-0.3, -0.25) is 4.79 Å². The van der Waals surface area contributed by atoms with Crippen LogP contribution in [0.2, 0.25) is 0 Å². The zero-order chi connectivity index (χ0) is 20.2. The van der Waals surface area contributed by atoms with E-state index >= 15 is 0 Å². The molecule has 1 aromatic heterocycles. The van der Waals surface area contributed by atoms with Crippen molar-refractivity contribution in [3.8, 4) is 5.75 Å². The zero-order valence-corrected chi connectivity index (χ0v) is 17.3. The van der Waals surface area contributed by atoms with Crippen LogP contribution in [0.3, 0.4) is 0 Å². The molecule has 0 aliphatic carbocycles. The van der Waals surface area contributed by atoms with Gasteiger partial charge in [0, 0.05) is 57.8 Å². The number of rotatable bonds is 6. The Morgan fingerprint density at radius 2 is 1.97 bits per heavy atom. The molecule has 1 N–H and O–H groups in total. The molecular formula is C21H30N6O2. The quantitative estimate of drug-likeness (QED) is 0.797. The summed E-state index contributed by atoms with van der Waals surface area (Å²) in [5, 5.41) is 12.1. The first-order chi connectivity index (χ1) is 14.2. The summed E-state index contributed by atoms with van der Waals surface area (Å²) in [7, 11) is 3.68. The molecule has 8 nitrogen and oxygen atoms in total. The summed E-state index contributed by atoms with van der Waals surface area (Å²) in [5.74, 6) is 3.61. The minimum atomic E-state index is 0.233. The third kappa shape index (κ3) is 4.37. The topological polar surface area (TPSA) is 75.5 Å². The molecule has 0 radical (unpaired) electrons. The third-order valence-electron chi connectivity index (χ3n) is 6.04. The molecule has 0 saturated carbocycles. The number of nitrogens with one attached hydrogen (secondary N) is 1. The van der Waals surface area contributed by atoms with E-state index in [4.69, 9.17) is 4.74 Å². The van der Waals surface area contributed by atoms with Gasteiger partial charge in [-0.15, -0.1) is 10.2 Å². The molecule has 3 heterocycles. The highest BCUT2D eigenvalue weighted by Gasteiger charge is 2.28. The Balaban J connectivity index is 1.26. The van der Waals surface area contributed by atoms with Gasteiger partial charge in [0.05, 0.1) is 13.7 Å². The molecule has 2 aliphatic rings. The number of hydrogen-bond donors (Lipinski definition) is 1. The number of anilines is 1. The van der Waals surface area contributed by atoms with Crippen LogP contribution in [-0.2, 0) is 17.9 Å². The van der Waals surface area contributed by atoms with Crippen molar-refractivity contribution in [2.75, 3.05) is 45.2 Å². The van der Waals surface area contributed by atoms with E-state index in [0.717, 1.165) is 68.7 Å². The molecule has 2 aliphatic heterocycles. The smallest absolute Gasteiger partial charge is 0.224 e. The van der Waals surface area contributed by atoms with Crippen molar-refractivity contribution in [1.29, 1.82) is 0 Å². The first kappa shape index (κ1) is 19.7. The van der Waals surface area contributed by atoms with Crippen LogP contribution in [0, 0.1) is 0 Å². The van der Waals surface area contributed by atoms with Gasteiger partial charge < -0.3 is 24.4 Å². The van der Waals surface area contributed by atoms with Crippen LogP contribution < -0.4 is 15.0 Å². The highest BCUT2D eigenvalue weighted by Crippen LogP contribution is 2.28. The minimum Gasteiger partial charge on any atom is -0.497 e. The molecule has 1 fully saturated rings. The molecule has 2 aromatic rings. The molecule has 1 saturated heterocycles. The number of aromatic nitrogens is 3. The van der Waals surface area contributed by atoms with Gasteiger partial charge in [0.15, 0.2) is 0 Å². The summed E-state index contributed by atoms with van der Waals surface area (Å²) in [5.41, 5.74) is 1.09. The average molecular weight is 399 g/mol. The van der Waals surface area contributed by atoms with E-state index < -0.39 is 0 Å². The number of amides is 1. The Bertz CT molecular complexity index is 826. The van der Waals surface area contributed by atoms with Crippen molar-refractivity contribution in [1.82, 2.24) is 25.0 Å². The Kier molecular flexibility index (Phi) is 5.99. The van der Waals surface area contributed by atoms with Gasteiger partial charge in [-0.2, -0.15) is 0 Å². The fourth-order valence-electron chi connectivity index (χ4n) is 4.19. The van der Waals surface area contributed by atoms with Gasteiger partial charge in [0.25, 0.3) is 0 Å². The molecule has 0 unspecified atom stereocenters. The van der Waals surface area contributed by atoms with Crippen LogP contribution >= 0.6 is 0 Å². The Hall–Kier alpha value is -2.61. The third-order valence-corrected chi connectivity index (χ3v) is 6.04. The first-order valence-electron chi connectivity index (χ1n) is 10.4. The lowest BCUT2D eigenvalue weighted by Gasteiger charge is -2.32. The SMILES string of the molecule is COc1ccc(N(C)CCC(=O)N2CCC(c3nnc4n3CCNC4)CC2)cc1. The van der Waals surface area contributed by atoms with Crippen LogP contribution in [-0.4, -0.2) is 65.9 Å². The van der Waals surface area contributed by atoms with Crippen molar-refractivity contribution < 1.29 is 9.53 Å². The molecular weight excluding hydrogens is 368 g/mol. The van der Waals surface area contributed by atoms with E-state index in [1.807, 2.05) is 36.2 Å². The van der Waals surface area contributed by atoms with E-state index in [0.29, 0.717) is 18.9 Å². The summed E-state index contributed by atoms with van der Waals surface area (Å²) in [4.78, 5) is 16.8. The molecule has 1 aromatic carbocycles. The van der Waals surface area contributed by atoms with Crippen molar-refractivity contribution in [3.63, 3.8) is 0 Å². The Labute approximate surface area is 171 Å². The molecule has 0 spiro atoms. The van der Waals surface area contributed by atoms with E-state index in [2.05, 4.69) is 25.0 Å². The first-order valence-corrected chi connectivity index (χ1v) is 10.4. The fourth-order valence-corrected chi connectivity index (χ4v) is 4.19. The number of nitrogens with zero attached hydrogens (tertiary/aromatic N) is 5. The van der Waals surface area contributed by atoms with Gasteiger partial charge in [-0.25, -0.2) is 0 Å². The van der Waals surface area contributed by atoms with Crippen LogP contribution in [0.15, 0.2) is 24.3 Å². The van der Waals surface area contributed by atoms with Crippen LogP contribution in [0.4, 0.5) is 5.69 Å². The molecule has 8 heteroatoms. The maximum atomic E-state index is 12.7. The van der Waals surface area contributed by atoms with Crippen LogP contribution in [0.1, 0.15) is 36.8 Å². The number of ether oxygens (including phenoxy) is 1. The molecule has 29 heavy (non-hydrogen) atoms. The summed E-state index contributed by atoms with van der Waals surface area (Å²) in [6.07, 6.45) is 2.45. The number of likely N-dealkylation sites (tertiary alicyclic amines) is 1. The predicted octanol–water partition coefficient (Wildman–Crippen LogP) is 1.62. The number of benzene rings is 1. The second-order valence-corrected chi connectivity index (χ2v) is 7.83. The number of carbonyl (C=O) groups excluding carboxylic acids is 1. The lowest BCUT2D eigenvalue weighted by atomic mass is 9.95. The van der Waals surface area contributed by atoms with Crippen molar-refractivity contribution >= 4 is 11.6 Å². The number of carbonyl (C=O) groups is 1. The van der Waals surface area contributed by atoms with E-state index in [-0.39, 0.29) is 5.91 Å². The minimum absolute atomic E-state index is 0.233. The van der Waals surface area contributed by atoms with Crippen molar-refractivity contribution in [2.24, 2.45) is 0 Å². The zero-order valence-electron chi connectivity index (χ0n) is 17.3. The Morgan fingerprint density at radius 3 is 2.69 bits per heavy atom. The van der Waals surface area contributed by atoms with Gasteiger partial charge in [0.1, 0.15) is 17.4 Å². The standard InChI is InChI=1S/C21H30N6O2/c1-25(17-3-5-18(29-2)6-4-17)11-9-20(28)26-12-7-16(8-13-26)21-24-23-19-15-22-10-14-27(19)21/h3-6,16,22H,7-15H2,1-2H3. The number of fused-ring (bicyclic) bond motifs is 1. The predicted molar refractivity (Wildman–Crippen MR) is 111 cm³/mol. The summed E-state index contributed by atoms with van der Waals surface area (Å²) < 4.78 is 7.47. The van der Waals surface area contributed by atoms with E-state index in [1.54, 1.807) is 7.11 Å². The summed E-state index contributed by atoms with van der Waals surface area (Å²) in [6.45, 7) is 5.01. The Morgan fingerprint density at radius 1 is 1.21 bits per heavy atom. The van der Waals surface area contributed by atoms with Gasteiger partial charge in [-0.1, -0.05) is 0 Å². The van der Waals surface area contributed by atoms with Gasteiger partial charge in [-0.05, 0) is 37.1 Å². The van der Waals surface area contributed by atoms with E-state index in [9.17, 15) is 4.79 Å². The highest BCUT2D eigenvalue weighted by molar-refractivity contribution is 5.77. The monoisotopic (exact) mass is 398 g/mol. The van der Waals surface area contributed by atoms with Crippen LogP contribution in [0.25, 0.3) is 0 Å². The molecule has 4 rings (SSSR count). The number of hydrogen-bond acceptors (Lipinski definition) is 6. The summed E-state index contributed by atoms with van der Waals surface area (Å²) >= 11 is 0. The van der Waals surface area contributed by atoms with Gasteiger partial charge >= 0.3 is 0 Å². The molecule has 0 bridgehead atoms. The van der Waals surface area contributed by atoms with E-state index in [1.165, 1.54) is 0 Å². The number of methoxy groups -OCH3 is 1. The number of piperidine rings is 1. The fraction of sp³-hybridized carbons (Fsp3) is 0.571. The van der Waals surface area contributed by atoms with Crippen LogP contribution in [0.5, 0.6) is 5.75 Å². The lowest BCUT2D eigenvalue weighted by Crippen LogP contribution is -2.40. The lowest BCUT2D eigenvalue weighted by molar-refractivity contribution is -0.132. The largest absolute Gasteiger partial charge is 0.497 e. The highest BCUT2D eigenvalue weighted by atomic mass is 16.5. The van der Waals surface area contributed by atoms with Gasteiger partial charge in [0.2, 0.25) is 5.91 Å². The van der Waals surface area contributed by atoms with Crippen molar-refractivity contribution in [2.45, 2.75) is 38.3 Å². The maximum Gasteiger partial charge on any atom is 0.224 e. The van der Waals surface area contributed by atoms with Crippen molar-refractivity contribution in [3.05, 3.63) is 35.9 Å². The normalized spacial score (nSPS) is 17.1. The summed E-state index contributed by atoms with van der Waals surface area (Å²) in [6, 6.07) is 7.92. The molecule has 0 atom stereocenters. The average Bonchev–Trinajstić information content (AvgIpc) is 3.21. The molecule has 156 valence electrons. The molecule has 1 amide bonds. The maximum absolute atomic E-state index is 12.7. The second kappa shape index (κ2) is 8.82.